The van der Waals surface area contributed by atoms with Crippen molar-refractivity contribution in [3.8, 4) is 5.75 Å². The summed E-state index contributed by atoms with van der Waals surface area (Å²) in [5, 5.41) is 13.3. The number of carbonyl (C=O) groups is 2. The van der Waals surface area contributed by atoms with E-state index in [9.17, 15) is 28.3 Å². The number of benzene rings is 1. The van der Waals surface area contributed by atoms with Crippen molar-refractivity contribution in [2.24, 2.45) is 0 Å². The number of aliphatic hydroxyl groups is 1. The van der Waals surface area contributed by atoms with Crippen LogP contribution in [-0.4, -0.2) is 72.1 Å². The van der Waals surface area contributed by atoms with Crippen molar-refractivity contribution in [3.05, 3.63) is 39.7 Å². The van der Waals surface area contributed by atoms with Gasteiger partial charge in [-0.1, -0.05) is 0 Å². The zero-order chi connectivity index (χ0) is 23.0. The number of pyridine rings is 1. The fourth-order valence-electron chi connectivity index (χ4n) is 3.69. The first-order valence-electron chi connectivity index (χ1n) is 10.1. The van der Waals surface area contributed by atoms with E-state index in [2.05, 4.69) is 10.7 Å². The first kappa shape index (κ1) is 22.1. The minimum Gasteiger partial charge on any atom is -0.486 e. The number of halogens is 2. The van der Waals surface area contributed by atoms with Crippen molar-refractivity contribution in [1.29, 1.82) is 0 Å². The minimum atomic E-state index is -1.33. The van der Waals surface area contributed by atoms with Gasteiger partial charge in [-0.05, 0) is 13.0 Å². The van der Waals surface area contributed by atoms with Crippen LogP contribution in [0.5, 0.6) is 5.75 Å². The van der Waals surface area contributed by atoms with E-state index in [4.69, 9.17) is 9.47 Å². The molecule has 0 spiro atoms. The number of nitrogens with one attached hydrogen (secondary N) is 2. The highest BCUT2D eigenvalue weighted by Gasteiger charge is 2.30. The zero-order valence-electron chi connectivity index (χ0n) is 17.2. The van der Waals surface area contributed by atoms with Crippen molar-refractivity contribution in [2.45, 2.75) is 19.0 Å². The number of ether oxygens (including phenoxy) is 2. The van der Waals surface area contributed by atoms with Crippen LogP contribution >= 0.6 is 0 Å². The van der Waals surface area contributed by atoms with E-state index in [0.717, 1.165) is 6.07 Å². The number of amides is 2. The van der Waals surface area contributed by atoms with Gasteiger partial charge in [-0.2, -0.15) is 4.39 Å². The van der Waals surface area contributed by atoms with Gasteiger partial charge in [0.15, 0.2) is 11.6 Å². The Morgan fingerprint density at radius 2 is 2.03 bits per heavy atom. The van der Waals surface area contributed by atoms with Gasteiger partial charge < -0.3 is 24.5 Å². The summed E-state index contributed by atoms with van der Waals surface area (Å²) in [6, 6.07) is -0.983. The fraction of sp³-hybridized carbons (Fsp3) is 0.450. The third kappa shape index (κ3) is 3.92. The van der Waals surface area contributed by atoms with Crippen molar-refractivity contribution < 1.29 is 33.0 Å². The number of aromatic nitrogens is 1. The summed E-state index contributed by atoms with van der Waals surface area (Å²) in [6.45, 7) is 2.76. The molecule has 0 radical (unpaired) electrons. The second kappa shape index (κ2) is 8.81. The average Bonchev–Trinajstić information content (AvgIpc) is 2.78. The lowest BCUT2D eigenvalue weighted by atomic mass is 10.1. The summed E-state index contributed by atoms with van der Waals surface area (Å²) in [6.07, 6.45) is 1.22. The fourth-order valence-corrected chi connectivity index (χ4v) is 3.69. The smallest absolute Gasteiger partial charge is 0.259 e. The molecule has 3 N–H and O–H groups in total. The predicted octanol–water partition coefficient (Wildman–Crippen LogP) is -0.313. The highest BCUT2D eigenvalue weighted by atomic mass is 19.2. The van der Waals surface area contributed by atoms with E-state index >= 15 is 0 Å². The van der Waals surface area contributed by atoms with E-state index in [-0.39, 0.29) is 34.9 Å². The molecule has 2 aliphatic heterocycles. The molecule has 172 valence electrons. The third-order valence-corrected chi connectivity index (χ3v) is 5.44. The van der Waals surface area contributed by atoms with Gasteiger partial charge in [0.25, 0.3) is 11.8 Å². The zero-order valence-corrected chi connectivity index (χ0v) is 17.2. The van der Waals surface area contributed by atoms with Crippen LogP contribution in [0.2, 0.25) is 0 Å². The van der Waals surface area contributed by atoms with Crippen molar-refractivity contribution in [3.63, 3.8) is 0 Å². The predicted molar refractivity (Wildman–Crippen MR) is 107 cm³/mol. The maximum Gasteiger partial charge on any atom is 0.259 e. The minimum absolute atomic E-state index is 0.00756. The Bertz CT molecular complexity index is 1130. The Kier molecular flexibility index (Phi) is 6.09. The lowest BCUT2D eigenvalue weighted by Crippen LogP contribution is -2.56. The topological polar surface area (TPSA) is 122 Å². The first-order valence-corrected chi connectivity index (χ1v) is 10.1. The van der Waals surface area contributed by atoms with Crippen LogP contribution in [-0.2, 0) is 9.53 Å². The highest BCUT2D eigenvalue weighted by Crippen LogP contribution is 2.35. The average molecular weight is 452 g/mol. The van der Waals surface area contributed by atoms with E-state index in [1.807, 2.05) is 0 Å². The molecule has 2 atom stereocenters. The standard InChI is InChI=1S/C20H22F2N4O6/c1-10-9-32-18-15(22)13(21)6-11-16(18)26(10)7-12(17(11)28)19(29)23-14(8-27)20(30)24-25-2-4-31-5-3-25/h6-7,10,14,27H,2-5,8-9H2,1H3,(H,23,29)(H,24,30)/t10?,14-/m0/s1. The van der Waals surface area contributed by atoms with Crippen LogP contribution in [0.25, 0.3) is 10.9 Å². The molecule has 32 heavy (non-hydrogen) atoms. The van der Waals surface area contributed by atoms with E-state index in [0.29, 0.717) is 26.3 Å². The molecule has 0 saturated carbocycles. The van der Waals surface area contributed by atoms with Gasteiger partial charge in [0.1, 0.15) is 18.2 Å². The van der Waals surface area contributed by atoms with Gasteiger partial charge in [0, 0.05) is 19.3 Å². The second-order valence-corrected chi connectivity index (χ2v) is 7.62. The maximum absolute atomic E-state index is 14.2. The van der Waals surface area contributed by atoms with E-state index in [1.54, 1.807) is 11.9 Å². The Morgan fingerprint density at radius 1 is 1.31 bits per heavy atom. The van der Waals surface area contributed by atoms with Crippen molar-refractivity contribution in [2.75, 3.05) is 39.5 Å². The molecular formula is C20H22F2N4O6. The van der Waals surface area contributed by atoms with Gasteiger partial charge in [-0.3, -0.25) is 19.8 Å². The van der Waals surface area contributed by atoms with Crippen LogP contribution in [0.3, 0.4) is 0 Å². The first-order chi connectivity index (χ1) is 15.3. The Labute approximate surface area is 180 Å². The molecule has 4 rings (SSSR count). The number of morpholine rings is 1. The SMILES string of the molecule is CC1COc2c(F)c(F)cc3c(=O)c(C(=O)N[C@@H](CO)C(=O)NN4CCOCC4)cn1c23. The molecule has 1 aromatic carbocycles. The molecule has 2 amide bonds. The molecule has 10 nitrogen and oxygen atoms in total. The third-order valence-electron chi connectivity index (χ3n) is 5.44. The lowest BCUT2D eigenvalue weighted by molar-refractivity contribution is -0.130. The molecule has 0 bridgehead atoms. The van der Waals surface area contributed by atoms with Gasteiger partial charge in [-0.15, -0.1) is 0 Å². The summed E-state index contributed by atoms with van der Waals surface area (Å²) in [5.41, 5.74) is 1.40. The van der Waals surface area contributed by atoms with Gasteiger partial charge in [0.2, 0.25) is 11.2 Å². The molecule has 1 saturated heterocycles. The van der Waals surface area contributed by atoms with Crippen LogP contribution in [0, 0.1) is 11.6 Å². The van der Waals surface area contributed by atoms with E-state index < -0.39 is 41.5 Å². The van der Waals surface area contributed by atoms with Crippen LogP contribution in [0.1, 0.15) is 23.3 Å². The monoisotopic (exact) mass is 452 g/mol. The molecular weight excluding hydrogens is 430 g/mol. The normalized spacial score (nSPS) is 19.3. The number of hydrogen-bond acceptors (Lipinski definition) is 7. The van der Waals surface area contributed by atoms with E-state index in [1.165, 1.54) is 10.8 Å². The molecule has 1 aromatic heterocycles. The van der Waals surface area contributed by atoms with Gasteiger partial charge in [0.05, 0.1) is 36.8 Å². The largest absolute Gasteiger partial charge is 0.486 e. The second-order valence-electron chi connectivity index (χ2n) is 7.62. The van der Waals surface area contributed by atoms with Crippen LogP contribution in [0.15, 0.2) is 17.1 Å². The summed E-state index contributed by atoms with van der Waals surface area (Å²) in [4.78, 5) is 38.3. The summed E-state index contributed by atoms with van der Waals surface area (Å²) >= 11 is 0. The maximum atomic E-state index is 14.2. The highest BCUT2D eigenvalue weighted by molar-refractivity contribution is 6.00. The van der Waals surface area contributed by atoms with Crippen LogP contribution in [0.4, 0.5) is 8.78 Å². The molecule has 3 heterocycles. The molecule has 1 unspecified atom stereocenters. The van der Waals surface area contributed by atoms with Crippen molar-refractivity contribution >= 4 is 22.7 Å². The van der Waals surface area contributed by atoms with Crippen molar-refractivity contribution in [1.82, 2.24) is 20.3 Å². The quantitative estimate of drug-likeness (QED) is 0.569. The summed E-state index contributed by atoms with van der Waals surface area (Å²) < 4.78 is 40.2. The molecule has 1 fully saturated rings. The van der Waals surface area contributed by atoms with Gasteiger partial charge >= 0.3 is 0 Å². The number of rotatable bonds is 5. The lowest BCUT2D eigenvalue weighted by Gasteiger charge is -2.29. The molecule has 2 aliphatic rings. The number of carbonyl (C=O) groups excluding carboxylic acids is 2. The Hall–Kier alpha value is -3.09. The Balaban J connectivity index is 1.65. The molecule has 12 heteroatoms. The number of nitrogens with zero attached hydrogens (tertiary/aromatic N) is 2. The number of hydrogen-bond donors (Lipinski definition) is 3. The molecule has 0 aliphatic carbocycles. The van der Waals surface area contributed by atoms with Crippen LogP contribution < -0.4 is 20.9 Å². The summed E-state index contributed by atoms with van der Waals surface area (Å²) in [7, 11) is 0. The molecule has 2 aromatic rings. The Morgan fingerprint density at radius 3 is 2.72 bits per heavy atom. The van der Waals surface area contributed by atoms with Gasteiger partial charge in [-0.25, -0.2) is 9.40 Å². The summed E-state index contributed by atoms with van der Waals surface area (Å²) in [5.74, 6) is -4.47. The number of aliphatic hydroxyl groups excluding tert-OH is 1. The number of hydrazine groups is 1.